The van der Waals surface area contributed by atoms with Gasteiger partial charge in [-0.15, -0.1) is 21.5 Å². The average Bonchev–Trinajstić information content (AvgIpc) is 3.80. The lowest BCUT2D eigenvalue weighted by Gasteiger charge is -2.32. The van der Waals surface area contributed by atoms with Gasteiger partial charge in [0.15, 0.2) is 11.0 Å². The molecule has 6 aromatic rings. The molecule has 1 aliphatic heterocycles. The number of aromatic amines is 1. The summed E-state index contributed by atoms with van der Waals surface area (Å²) in [6.07, 6.45) is -0.0731. The summed E-state index contributed by atoms with van der Waals surface area (Å²) >= 11 is 2.60. The van der Waals surface area contributed by atoms with Crippen molar-refractivity contribution in [2.75, 3.05) is 13.1 Å². The second-order valence-electron chi connectivity index (χ2n) is 10.7. The number of hydrogen-bond donors (Lipinski definition) is 1. The summed E-state index contributed by atoms with van der Waals surface area (Å²) in [5, 5.41) is 11.3. The zero-order valence-corrected chi connectivity index (χ0v) is 25.6. The lowest BCUT2D eigenvalue weighted by Crippen LogP contribution is -2.40. The molecule has 1 aliphatic rings. The fourth-order valence-electron chi connectivity index (χ4n) is 5.63. The van der Waals surface area contributed by atoms with Crippen molar-refractivity contribution in [2.24, 2.45) is 0 Å². The van der Waals surface area contributed by atoms with E-state index in [0.29, 0.717) is 58.9 Å². The number of nitrogens with one attached hydrogen (secondary N) is 1. The Bertz CT molecular complexity index is 2080. The van der Waals surface area contributed by atoms with E-state index in [-0.39, 0.29) is 23.3 Å². The number of pyridine rings is 1. The normalized spacial score (nSPS) is 14.3. The Morgan fingerprint density at radius 2 is 1.80 bits per heavy atom. The number of piperidine rings is 1. The molecular weight excluding hydrogens is 638 g/mol. The first kappa shape index (κ1) is 29.9. The minimum Gasteiger partial charge on any atom is -0.337 e. The molecule has 0 bridgehead atoms. The topological polar surface area (TPSA) is 115 Å². The molecule has 1 amide bonds. The van der Waals surface area contributed by atoms with Crippen molar-refractivity contribution >= 4 is 40.0 Å². The molecule has 1 fully saturated rings. The number of benzene rings is 2. The summed E-state index contributed by atoms with van der Waals surface area (Å²) in [7, 11) is 0. The van der Waals surface area contributed by atoms with E-state index in [1.165, 1.54) is 29.2 Å². The van der Waals surface area contributed by atoms with Gasteiger partial charge in [0.25, 0.3) is 5.91 Å². The van der Waals surface area contributed by atoms with E-state index in [0.717, 1.165) is 23.2 Å². The molecule has 234 valence electrons. The van der Waals surface area contributed by atoms with Gasteiger partial charge < -0.3 is 9.88 Å². The van der Waals surface area contributed by atoms with Crippen LogP contribution in [-0.2, 0) is 11.9 Å². The molecule has 0 aliphatic carbocycles. The number of likely N-dealkylation sites (tertiary alicyclic amines) is 1. The maximum atomic E-state index is 13.6. The van der Waals surface area contributed by atoms with Crippen molar-refractivity contribution < 1.29 is 18.0 Å². The number of rotatable bonds is 7. The largest absolute Gasteiger partial charge is 0.416 e. The smallest absolute Gasteiger partial charge is 0.337 e. The first-order chi connectivity index (χ1) is 22.3. The Morgan fingerprint density at radius 1 is 1.02 bits per heavy atom. The summed E-state index contributed by atoms with van der Waals surface area (Å²) in [4.78, 5) is 39.2. The molecule has 2 aromatic carbocycles. The predicted molar refractivity (Wildman–Crippen MR) is 168 cm³/mol. The fraction of sp³-hybridized carbons (Fsp3) is 0.226. The number of thiazole rings is 1. The van der Waals surface area contributed by atoms with Crippen LogP contribution in [0.1, 0.15) is 39.9 Å². The lowest BCUT2D eigenvalue weighted by molar-refractivity contribution is -0.137. The molecule has 15 heteroatoms. The summed E-state index contributed by atoms with van der Waals surface area (Å²) in [5.74, 6) is 0.526. The van der Waals surface area contributed by atoms with E-state index in [1.54, 1.807) is 50.0 Å². The van der Waals surface area contributed by atoms with E-state index >= 15 is 0 Å². The summed E-state index contributed by atoms with van der Waals surface area (Å²) in [6.45, 7) is 0.990. The molecular formula is C31H25F3N8O2S2. The number of alkyl halides is 3. The molecule has 0 radical (unpaired) electrons. The van der Waals surface area contributed by atoms with Gasteiger partial charge in [0.1, 0.15) is 10.7 Å². The fourth-order valence-corrected chi connectivity index (χ4v) is 7.37. The number of nitrogens with zero attached hydrogens (tertiary/aromatic N) is 7. The summed E-state index contributed by atoms with van der Waals surface area (Å²) in [6, 6.07) is 16.0. The number of halogens is 3. The first-order valence-corrected chi connectivity index (χ1v) is 16.2. The van der Waals surface area contributed by atoms with Crippen molar-refractivity contribution in [3.05, 3.63) is 105 Å². The highest BCUT2D eigenvalue weighted by Gasteiger charge is 2.31. The van der Waals surface area contributed by atoms with Crippen LogP contribution in [0.25, 0.3) is 28.1 Å². The maximum absolute atomic E-state index is 13.6. The number of aromatic nitrogens is 7. The highest BCUT2D eigenvalue weighted by atomic mass is 32.2. The highest BCUT2D eigenvalue weighted by Crippen LogP contribution is 2.34. The van der Waals surface area contributed by atoms with Crippen LogP contribution in [0.3, 0.4) is 0 Å². The number of para-hydroxylation sites is 2. The minimum atomic E-state index is -4.51. The van der Waals surface area contributed by atoms with Gasteiger partial charge in [-0.2, -0.15) is 13.2 Å². The Morgan fingerprint density at radius 3 is 2.59 bits per heavy atom. The molecule has 10 nitrogen and oxygen atoms in total. The lowest BCUT2D eigenvalue weighted by atomic mass is 10.0. The number of H-pyrrole nitrogens is 1. The third kappa shape index (κ3) is 5.83. The second kappa shape index (κ2) is 12.2. The van der Waals surface area contributed by atoms with E-state index in [9.17, 15) is 22.8 Å². The number of thioether (sulfide) groups is 1. The van der Waals surface area contributed by atoms with Gasteiger partial charge in [0.2, 0.25) is 0 Å². The van der Waals surface area contributed by atoms with Gasteiger partial charge >= 0.3 is 11.9 Å². The van der Waals surface area contributed by atoms with Gasteiger partial charge in [0, 0.05) is 42.5 Å². The highest BCUT2D eigenvalue weighted by molar-refractivity contribution is 7.98. The third-order valence-corrected chi connectivity index (χ3v) is 9.81. The van der Waals surface area contributed by atoms with Crippen molar-refractivity contribution in [1.82, 2.24) is 39.2 Å². The van der Waals surface area contributed by atoms with E-state index < -0.39 is 11.7 Å². The van der Waals surface area contributed by atoms with Crippen LogP contribution < -0.4 is 5.69 Å². The van der Waals surface area contributed by atoms with Gasteiger partial charge in [-0.3, -0.25) is 18.9 Å². The molecule has 5 heterocycles. The number of fused-ring (bicyclic) bond motifs is 1. The molecule has 0 unspecified atom stereocenters. The Hall–Kier alpha value is -4.76. The number of amides is 1. The maximum Gasteiger partial charge on any atom is 0.416 e. The predicted octanol–water partition coefficient (Wildman–Crippen LogP) is 6.22. The molecule has 0 spiro atoms. The van der Waals surface area contributed by atoms with Gasteiger partial charge in [-0.05, 0) is 55.3 Å². The third-order valence-electron chi connectivity index (χ3n) is 7.84. The van der Waals surface area contributed by atoms with E-state index in [1.807, 2.05) is 24.3 Å². The van der Waals surface area contributed by atoms with Gasteiger partial charge in [-0.25, -0.2) is 9.78 Å². The average molecular weight is 663 g/mol. The van der Waals surface area contributed by atoms with Gasteiger partial charge in [-0.1, -0.05) is 30.0 Å². The van der Waals surface area contributed by atoms with E-state index in [4.69, 9.17) is 0 Å². The Balaban J connectivity index is 1.06. The number of carbonyl (C=O) groups excluding carboxylic acids is 1. The summed E-state index contributed by atoms with van der Waals surface area (Å²) < 4.78 is 44.0. The van der Waals surface area contributed by atoms with Crippen molar-refractivity contribution in [3.63, 3.8) is 0 Å². The van der Waals surface area contributed by atoms with Crippen molar-refractivity contribution in [1.29, 1.82) is 0 Å². The minimum absolute atomic E-state index is 0.0127. The van der Waals surface area contributed by atoms with Crippen LogP contribution in [-0.4, -0.2) is 58.2 Å². The van der Waals surface area contributed by atoms with Crippen LogP contribution in [0, 0.1) is 0 Å². The summed E-state index contributed by atoms with van der Waals surface area (Å²) in [5.41, 5.74) is 1.96. The Kier molecular flexibility index (Phi) is 7.94. The molecule has 0 saturated carbocycles. The van der Waals surface area contributed by atoms with Crippen LogP contribution >= 0.6 is 23.1 Å². The monoisotopic (exact) mass is 662 g/mol. The van der Waals surface area contributed by atoms with Crippen LogP contribution in [0.15, 0.2) is 88.4 Å². The SMILES string of the molecule is O=C(c1csc(CSc2nnc(-c3ccncc3)n2-c2cccc(C(F)(F)F)c2)n1)N1CCC(n2c(=O)[nH]c3ccccc32)CC1. The Labute approximate surface area is 268 Å². The standard InChI is InChI=1S/C31H25F3N8O2S2/c32-31(33,34)20-4-3-5-22(16-20)42-27(19-8-12-35-13-9-19)38-39-30(42)46-18-26-36-24(17-45-26)28(43)40-14-10-21(11-15-40)41-25-7-2-1-6-23(25)37-29(41)44/h1-9,12-13,16-17,21H,10-11,14-15,18H2,(H,37,44). The molecule has 1 saturated heterocycles. The molecule has 1 N–H and O–H groups in total. The molecule has 7 rings (SSSR count). The first-order valence-electron chi connectivity index (χ1n) is 14.4. The second-order valence-corrected chi connectivity index (χ2v) is 12.6. The number of imidazole rings is 1. The zero-order valence-electron chi connectivity index (χ0n) is 24.0. The molecule has 0 atom stereocenters. The van der Waals surface area contributed by atoms with E-state index in [2.05, 4.69) is 25.1 Å². The quantitative estimate of drug-likeness (QED) is 0.202. The van der Waals surface area contributed by atoms with Crippen molar-refractivity contribution in [3.8, 4) is 17.1 Å². The van der Waals surface area contributed by atoms with Crippen LogP contribution in [0.2, 0.25) is 0 Å². The van der Waals surface area contributed by atoms with Crippen molar-refractivity contribution in [2.45, 2.75) is 36.0 Å². The number of hydrogen-bond acceptors (Lipinski definition) is 8. The van der Waals surface area contributed by atoms with Gasteiger partial charge in [0.05, 0.1) is 28.0 Å². The zero-order chi connectivity index (χ0) is 31.8. The van der Waals surface area contributed by atoms with Crippen LogP contribution in [0.5, 0.6) is 0 Å². The number of carbonyl (C=O) groups is 1. The van der Waals surface area contributed by atoms with Crippen LogP contribution in [0.4, 0.5) is 13.2 Å². The molecule has 46 heavy (non-hydrogen) atoms. The molecule has 4 aromatic heterocycles.